The van der Waals surface area contributed by atoms with Crippen LogP contribution in [0, 0.1) is 0 Å². The van der Waals surface area contributed by atoms with E-state index in [0.717, 1.165) is 12.1 Å². The van der Waals surface area contributed by atoms with Crippen LogP contribution in [0.25, 0.3) is 11.0 Å². The Morgan fingerprint density at radius 1 is 0.750 bits per heavy atom. The van der Waals surface area contributed by atoms with Gasteiger partial charge in [0.1, 0.15) is 60.7 Å². The van der Waals surface area contributed by atoms with Crippen molar-refractivity contribution in [3.05, 3.63) is 28.1 Å². The van der Waals surface area contributed by atoms with Gasteiger partial charge in [0.15, 0.2) is 11.3 Å². The topological polar surface area (TPSA) is 260 Å². The van der Waals surface area contributed by atoms with E-state index in [1.54, 1.807) is 0 Å². The smallest absolute Gasteiger partial charge is 0.336 e. The van der Waals surface area contributed by atoms with Crippen molar-refractivity contribution in [3.63, 3.8) is 0 Å². The Bertz CT molecular complexity index is 1150. The zero-order valence-electron chi connectivity index (χ0n) is 18.4. The maximum Gasteiger partial charge on any atom is 0.336 e. The third-order valence-electron chi connectivity index (χ3n) is 6.28. The largest absolute Gasteiger partial charge is 0.507 e. The van der Waals surface area contributed by atoms with Gasteiger partial charge in [-0.05, 0) is 6.07 Å². The first-order valence-electron chi connectivity index (χ1n) is 10.8. The van der Waals surface area contributed by atoms with Crippen LogP contribution in [-0.4, -0.2) is 119 Å². The van der Waals surface area contributed by atoms with Crippen LogP contribution in [0.4, 0.5) is 0 Å². The van der Waals surface area contributed by atoms with Crippen LogP contribution >= 0.6 is 0 Å². The Balaban J connectivity index is 1.86. The molecule has 0 radical (unpaired) electrons. The molecule has 0 unspecified atom stereocenters. The van der Waals surface area contributed by atoms with Crippen molar-refractivity contribution < 1.29 is 69.7 Å². The monoisotopic (exact) mass is 518 g/mol. The molecule has 15 nitrogen and oxygen atoms in total. The molecule has 2 fully saturated rings. The predicted octanol–water partition coefficient (Wildman–Crippen LogP) is -4.10. The van der Waals surface area contributed by atoms with Gasteiger partial charge in [-0.25, -0.2) is 4.79 Å². The highest BCUT2D eigenvalue weighted by Gasteiger charge is 2.48. The minimum atomic E-state index is -1.94. The first-order valence-corrected chi connectivity index (χ1v) is 10.8. The Hall–Kier alpha value is -2.57. The van der Waals surface area contributed by atoms with Crippen molar-refractivity contribution in [2.45, 2.75) is 61.2 Å². The van der Waals surface area contributed by atoms with Gasteiger partial charge in [-0.3, -0.25) is 0 Å². The van der Waals surface area contributed by atoms with E-state index in [2.05, 4.69) is 0 Å². The molecular weight excluding hydrogens is 492 g/mol. The van der Waals surface area contributed by atoms with Gasteiger partial charge in [-0.1, -0.05) is 0 Å². The third kappa shape index (κ3) is 4.28. The molecule has 0 spiro atoms. The van der Waals surface area contributed by atoms with Gasteiger partial charge in [-0.15, -0.1) is 0 Å². The van der Waals surface area contributed by atoms with Gasteiger partial charge in [0.2, 0.25) is 12.0 Å². The highest BCUT2D eigenvalue weighted by molar-refractivity contribution is 5.92. The second-order valence-corrected chi connectivity index (χ2v) is 8.50. The number of aliphatic hydroxyl groups excluding tert-OH is 8. The maximum absolute atomic E-state index is 11.9. The van der Waals surface area contributed by atoms with Gasteiger partial charge in [0, 0.05) is 6.07 Å². The molecule has 2 aliphatic heterocycles. The lowest BCUT2D eigenvalue weighted by molar-refractivity contribution is -0.277. The van der Waals surface area contributed by atoms with Crippen LogP contribution in [0.5, 0.6) is 17.2 Å². The summed E-state index contributed by atoms with van der Waals surface area (Å²) in [6, 6.07) is 1.98. The molecule has 2 aromatic rings. The molecule has 2 aliphatic rings. The van der Waals surface area contributed by atoms with E-state index in [4.69, 9.17) is 18.6 Å². The van der Waals surface area contributed by atoms with Gasteiger partial charge in [-0.2, -0.15) is 0 Å². The molecule has 0 amide bonds. The summed E-state index contributed by atoms with van der Waals surface area (Å²) in [5, 5.41) is 102. The maximum atomic E-state index is 11.9. The predicted molar refractivity (Wildman–Crippen MR) is 113 cm³/mol. The first kappa shape index (κ1) is 26.5. The molecule has 3 heterocycles. The molecule has 1 aromatic carbocycles. The van der Waals surface area contributed by atoms with E-state index in [9.17, 15) is 55.9 Å². The van der Waals surface area contributed by atoms with Crippen LogP contribution < -0.4 is 10.4 Å². The number of hydrogen-bond acceptors (Lipinski definition) is 15. The van der Waals surface area contributed by atoms with E-state index < -0.39 is 108 Å². The van der Waals surface area contributed by atoms with E-state index >= 15 is 0 Å². The minimum absolute atomic E-state index is 0.265. The number of aliphatic hydroxyl groups is 8. The molecular formula is C21H26O15. The summed E-state index contributed by atoms with van der Waals surface area (Å²) in [4.78, 5) is 11.9. The molecule has 200 valence electrons. The van der Waals surface area contributed by atoms with Gasteiger partial charge in [0.05, 0.1) is 24.2 Å². The highest BCUT2D eigenvalue weighted by Crippen LogP contribution is 2.50. The van der Waals surface area contributed by atoms with Crippen molar-refractivity contribution in [2.75, 3.05) is 13.2 Å². The Morgan fingerprint density at radius 3 is 1.94 bits per heavy atom. The lowest BCUT2D eigenvalue weighted by Crippen LogP contribution is -2.60. The summed E-state index contributed by atoms with van der Waals surface area (Å²) in [5.41, 5.74) is -2.10. The van der Waals surface area contributed by atoms with Crippen molar-refractivity contribution in [2.24, 2.45) is 0 Å². The molecule has 10 atom stereocenters. The third-order valence-corrected chi connectivity index (χ3v) is 6.28. The SMILES string of the molecule is O=c1ccc2c(O)c([C@@H]3O[C@H](CO)[C@@H](O)[C@@H](O)[C@@H]3O)c(O)c(O[C@H]3O[C@@H](CO)[C@H](O)[C@@H](O)[C@@H]3O)c2o1. The lowest BCUT2D eigenvalue weighted by Gasteiger charge is -2.41. The number of phenols is 2. The molecule has 36 heavy (non-hydrogen) atoms. The molecule has 15 heteroatoms. The molecule has 1 aromatic heterocycles. The van der Waals surface area contributed by atoms with E-state index in [1.807, 2.05) is 0 Å². The van der Waals surface area contributed by atoms with Gasteiger partial charge in [0.25, 0.3) is 0 Å². The quantitative estimate of drug-likeness (QED) is 0.169. The normalized spacial score (nSPS) is 37.2. The Morgan fingerprint density at radius 2 is 1.33 bits per heavy atom. The number of hydrogen-bond donors (Lipinski definition) is 10. The van der Waals surface area contributed by atoms with Crippen LogP contribution in [0.2, 0.25) is 0 Å². The van der Waals surface area contributed by atoms with Crippen molar-refractivity contribution in [1.82, 2.24) is 0 Å². The summed E-state index contributed by atoms with van der Waals surface area (Å²) >= 11 is 0. The fraction of sp³-hybridized carbons (Fsp3) is 0.571. The second-order valence-electron chi connectivity index (χ2n) is 8.50. The summed E-state index contributed by atoms with van der Waals surface area (Å²) in [5.74, 6) is -2.54. The van der Waals surface area contributed by atoms with Crippen molar-refractivity contribution in [1.29, 1.82) is 0 Å². The van der Waals surface area contributed by atoms with Crippen molar-refractivity contribution in [3.8, 4) is 17.2 Å². The Labute approximate surface area is 201 Å². The average molecular weight is 518 g/mol. The number of benzene rings is 1. The molecule has 0 bridgehead atoms. The zero-order valence-corrected chi connectivity index (χ0v) is 18.4. The summed E-state index contributed by atoms with van der Waals surface area (Å²) in [6.45, 7) is -1.60. The molecule has 10 N–H and O–H groups in total. The van der Waals surface area contributed by atoms with Crippen LogP contribution in [0.1, 0.15) is 11.7 Å². The van der Waals surface area contributed by atoms with Crippen LogP contribution in [0.3, 0.4) is 0 Å². The second kappa shape index (κ2) is 10.1. The minimum Gasteiger partial charge on any atom is -0.507 e. The Kier molecular flexibility index (Phi) is 7.40. The number of rotatable bonds is 5. The standard InChI is InChI=1S/C21H26O15/c22-3-6-11(26)14(29)16(31)19(33-6)9-10(25)5-1-2-8(24)35-18(5)20(13(9)28)36-21-17(32)15(30)12(27)7(4-23)34-21/h1-2,6-7,11-12,14-17,19,21-23,25-32H,3-4H2/t6-,7+,11-,12+,14-,15-,16+,17+,19+,21-/m1/s1. The number of aromatic hydroxyl groups is 2. The summed E-state index contributed by atoms with van der Waals surface area (Å²) in [7, 11) is 0. The van der Waals surface area contributed by atoms with Crippen LogP contribution in [0.15, 0.2) is 21.3 Å². The van der Waals surface area contributed by atoms with E-state index in [0.29, 0.717) is 0 Å². The summed E-state index contributed by atoms with van der Waals surface area (Å²) < 4.78 is 21.2. The molecule has 2 saturated heterocycles. The fourth-order valence-corrected chi connectivity index (χ4v) is 4.26. The number of ether oxygens (including phenoxy) is 3. The van der Waals surface area contributed by atoms with Crippen LogP contribution in [-0.2, 0) is 9.47 Å². The molecule has 0 aliphatic carbocycles. The number of phenolic OH excluding ortho intramolecular Hbond substituents is 2. The van der Waals surface area contributed by atoms with Gasteiger partial charge >= 0.3 is 5.63 Å². The van der Waals surface area contributed by atoms with Crippen molar-refractivity contribution >= 4 is 11.0 Å². The fourth-order valence-electron chi connectivity index (χ4n) is 4.26. The average Bonchev–Trinajstić information content (AvgIpc) is 2.86. The van der Waals surface area contributed by atoms with E-state index in [-0.39, 0.29) is 5.39 Å². The number of fused-ring (bicyclic) bond motifs is 1. The highest BCUT2D eigenvalue weighted by atomic mass is 16.7. The van der Waals surface area contributed by atoms with E-state index in [1.165, 1.54) is 0 Å². The zero-order chi connectivity index (χ0) is 26.5. The molecule has 0 saturated carbocycles. The van der Waals surface area contributed by atoms with Gasteiger partial charge < -0.3 is 69.7 Å². The lowest BCUT2D eigenvalue weighted by atomic mass is 9.89. The first-order chi connectivity index (χ1) is 17.0. The molecule has 4 rings (SSSR count). The summed E-state index contributed by atoms with van der Waals surface area (Å²) in [6.07, 6.45) is -17.5.